The third kappa shape index (κ3) is 2.59. The summed E-state index contributed by atoms with van der Waals surface area (Å²) in [6, 6.07) is 13.5. The van der Waals surface area contributed by atoms with E-state index in [1.54, 1.807) is 23.1 Å². The molecule has 8 nitrogen and oxygen atoms in total. The molecular weight excluding hydrogens is 352 g/mol. The van der Waals surface area contributed by atoms with Crippen LogP contribution in [0.4, 0.5) is 17.5 Å². The zero-order chi connectivity index (χ0) is 19.1. The molecule has 0 unspecified atom stereocenters. The summed E-state index contributed by atoms with van der Waals surface area (Å²) in [5, 5.41) is 6.22. The van der Waals surface area contributed by atoms with Gasteiger partial charge < -0.3 is 10.6 Å². The molecule has 0 spiro atoms. The lowest BCUT2D eigenvalue weighted by Crippen LogP contribution is -2.12. The minimum absolute atomic E-state index is 0.419. The molecule has 0 aliphatic carbocycles. The van der Waals surface area contributed by atoms with Crippen molar-refractivity contribution in [3.8, 4) is 11.4 Å². The maximum atomic E-state index is 6.09. The van der Waals surface area contributed by atoms with Crippen LogP contribution in [-0.2, 0) is 0 Å². The van der Waals surface area contributed by atoms with Gasteiger partial charge in [0.25, 0.3) is 0 Å². The molecule has 5 aromatic rings. The Morgan fingerprint density at radius 3 is 2.64 bits per heavy atom. The van der Waals surface area contributed by atoms with E-state index in [1.165, 1.54) is 0 Å². The predicted octanol–water partition coefficient (Wildman–Crippen LogP) is 3.08. The van der Waals surface area contributed by atoms with E-state index in [4.69, 9.17) is 5.73 Å². The monoisotopic (exact) mass is 368 g/mol. The van der Waals surface area contributed by atoms with Gasteiger partial charge in [-0.3, -0.25) is 0 Å². The van der Waals surface area contributed by atoms with E-state index in [2.05, 4.69) is 25.0 Å². The van der Waals surface area contributed by atoms with E-state index < -0.39 is 0 Å². The van der Waals surface area contributed by atoms with Gasteiger partial charge in [-0.05, 0) is 30.3 Å². The Morgan fingerprint density at radius 1 is 0.929 bits per heavy atom. The summed E-state index contributed by atoms with van der Waals surface area (Å²) in [6.45, 7) is 0. The summed E-state index contributed by atoms with van der Waals surface area (Å²) >= 11 is 0. The van der Waals surface area contributed by atoms with Crippen LogP contribution in [0.1, 0.15) is 0 Å². The summed E-state index contributed by atoms with van der Waals surface area (Å²) in [5.74, 6) is 2.54. The number of hydrogen-bond acceptors (Lipinski definition) is 7. The van der Waals surface area contributed by atoms with Crippen LogP contribution in [0.5, 0.6) is 0 Å². The number of hydrogen-bond donors (Lipinski definition) is 1. The summed E-state index contributed by atoms with van der Waals surface area (Å²) < 4.78 is 1.74. The van der Waals surface area contributed by atoms with Crippen molar-refractivity contribution >= 4 is 33.9 Å². The van der Waals surface area contributed by atoms with Gasteiger partial charge in [-0.15, -0.1) is 5.10 Å². The Hall–Kier alpha value is -4.07. The van der Waals surface area contributed by atoms with Gasteiger partial charge in [0, 0.05) is 48.2 Å². The highest BCUT2D eigenvalue weighted by atomic mass is 15.3. The maximum Gasteiger partial charge on any atom is 0.184 e. The number of pyridine rings is 4. The molecule has 0 aromatic carbocycles. The highest BCUT2D eigenvalue weighted by Gasteiger charge is 2.15. The average molecular weight is 368 g/mol. The third-order valence-electron chi connectivity index (χ3n) is 4.61. The standard InChI is InChI=1S/C20H16N8/c1-27(16-6-2-4-8-22-16)18-10-13-14(11-23-18)19(21)24-12-15(13)20-25-17-7-3-5-9-28(17)26-20/h2-12H,1H3,(H2,21,24). The number of rotatable bonds is 3. The van der Waals surface area contributed by atoms with Gasteiger partial charge >= 0.3 is 0 Å². The number of fused-ring (bicyclic) bond motifs is 2. The lowest BCUT2D eigenvalue weighted by molar-refractivity contribution is 0.966. The minimum atomic E-state index is 0.419. The Kier molecular flexibility index (Phi) is 3.61. The predicted molar refractivity (Wildman–Crippen MR) is 108 cm³/mol. The first-order chi connectivity index (χ1) is 13.7. The highest BCUT2D eigenvalue weighted by Crippen LogP contribution is 2.32. The Balaban J connectivity index is 1.70. The molecule has 136 valence electrons. The first-order valence-corrected chi connectivity index (χ1v) is 8.71. The van der Waals surface area contributed by atoms with Gasteiger partial charge in [0.1, 0.15) is 17.5 Å². The molecule has 0 saturated carbocycles. The van der Waals surface area contributed by atoms with E-state index >= 15 is 0 Å². The van der Waals surface area contributed by atoms with Crippen molar-refractivity contribution in [1.29, 1.82) is 0 Å². The van der Waals surface area contributed by atoms with Crippen molar-refractivity contribution in [2.45, 2.75) is 0 Å². The molecule has 5 rings (SSSR count). The number of nitrogens with zero attached hydrogens (tertiary/aromatic N) is 7. The van der Waals surface area contributed by atoms with Crippen molar-refractivity contribution < 1.29 is 0 Å². The first kappa shape index (κ1) is 16.1. The molecule has 5 aromatic heterocycles. The van der Waals surface area contributed by atoms with Gasteiger partial charge in [0.2, 0.25) is 0 Å². The number of nitrogens with two attached hydrogens (primary N) is 1. The molecule has 5 heterocycles. The smallest absolute Gasteiger partial charge is 0.184 e. The molecule has 8 heteroatoms. The normalized spacial score (nSPS) is 11.2. The fourth-order valence-corrected chi connectivity index (χ4v) is 3.12. The summed E-state index contributed by atoms with van der Waals surface area (Å²) in [6.07, 6.45) is 7.05. The van der Waals surface area contributed by atoms with Gasteiger partial charge in [0.15, 0.2) is 11.5 Å². The molecule has 0 bridgehead atoms. The van der Waals surface area contributed by atoms with E-state index in [-0.39, 0.29) is 0 Å². The van der Waals surface area contributed by atoms with Crippen LogP contribution in [0.3, 0.4) is 0 Å². The van der Waals surface area contributed by atoms with Crippen molar-refractivity contribution in [3.63, 3.8) is 0 Å². The van der Waals surface area contributed by atoms with Crippen LogP contribution in [0.25, 0.3) is 27.8 Å². The second kappa shape index (κ2) is 6.27. The molecule has 28 heavy (non-hydrogen) atoms. The quantitative estimate of drug-likeness (QED) is 0.522. The molecule has 0 amide bonds. The second-order valence-electron chi connectivity index (χ2n) is 6.33. The van der Waals surface area contributed by atoms with Crippen LogP contribution < -0.4 is 10.6 Å². The van der Waals surface area contributed by atoms with Gasteiger partial charge in [-0.2, -0.15) is 0 Å². The van der Waals surface area contributed by atoms with Crippen LogP contribution >= 0.6 is 0 Å². The van der Waals surface area contributed by atoms with Crippen molar-refractivity contribution in [2.75, 3.05) is 17.7 Å². The molecule has 0 aliphatic heterocycles. The Labute approximate surface area is 160 Å². The fourth-order valence-electron chi connectivity index (χ4n) is 3.12. The number of nitrogen functional groups attached to an aromatic ring is 1. The molecule has 0 aliphatic rings. The SMILES string of the molecule is CN(c1ccccn1)c1cc2c(-c3nc4ccccn4n3)cnc(N)c2cn1. The van der Waals surface area contributed by atoms with Crippen molar-refractivity contribution in [3.05, 3.63) is 67.3 Å². The average Bonchev–Trinajstić information content (AvgIpc) is 3.18. The zero-order valence-electron chi connectivity index (χ0n) is 15.1. The Morgan fingerprint density at radius 2 is 1.82 bits per heavy atom. The third-order valence-corrected chi connectivity index (χ3v) is 4.61. The van der Waals surface area contributed by atoms with E-state index in [0.717, 1.165) is 33.6 Å². The van der Waals surface area contributed by atoms with Crippen LogP contribution in [0, 0.1) is 0 Å². The minimum Gasteiger partial charge on any atom is -0.383 e. The summed E-state index contributed by atoms with van der Waals surface area (Å²) in [5.41, 5.74) is 7.66. The maximum absolute atomic E-state index is 6.09. The summed E-state index contributed by atoms with van der Waals surface area (Å²) in [7, 11) is 1.92. The van der Waals surface area contributed by atoms with Crippen LogP contribution in [0.15, 0.2) is 67.3 Å². The fraction of sp³-hybridized carbons (Fsp3) is 0.0500. The van der Waals surface area contributed by atoms with E-state index in [9.17, 15) is 0 Å². The van der Waals surface area contributed by atoms with E-state index in [0.29, 0.717) is 11.6 Å². The molecule has 0 fully saturated rings. The largest absolute Gasteiger partial charge is 0.383 e. The lowest BCUT2D eigenvalue weighted by Gasteiger charge is -2.18. The van der Waals surface area contributed by atoms with Crippen LogP contribution in [-0.4, -0.2) is 36.6 Å². The molecule has 0 radical (unpaired) electrons. The molecule has 0 saturated heterocycles. The molecule has 0 atom stereocenters. The van der Waals surface area contributed by atoms with Crippen molar-refractivity contribution in [2.24, 2.45) is 0 Å². The van der Waals surface area contributed by atoms with Crippen molar-refractivity contribution in [1.82, 2.24) is 29.5 Å². The topological polar surface area (TPSA) is 98.1 Å². The van der Waals surface area contributed by atoms with Gasteiger partial charge in [0.05, 0.1) is 0 Å². The highest BCUT2D eigenvalue weighted by molar-refractivity contribution is 6.01. The van der Waals surface area contributed by atoms with E-state index in [1.807, 2.05) is 60.6 Å². The zero-order valence-corrected chi connectivity index (χ0v) is 15.1. The van der Waals surface area contributed by atoms with Crippen LogP contribution in [0.2, 0.25) is 0 Å². The number of aromatic nitrogens is 6. The molecule has 2 N–H and O–H groups in total. The second-order valence-corrected chi connectivity index (χ2v) is 6.33. The summed E-state index contributed by atoms with van der Waals surface area (Å²) in [4.78, 5) is 19.8. The van der Waals surface area contributed by atoms with Gasteiger partial charge in [-0.1, -0.05) is 12.1 Å². The Bertz CT molecular complexity index is 1260. The molecular formula is C20H16N8. The lowest BCUT2D eigenvalue weighted by atomic mass is 10.1. The first-order valence-electron chi connectivity index (χ1n) is 8.71. The number of anilines is 3. The van der Waals surface area contributed by atoms with Gasteiger partial charge in [-0.25, -0.2) is 24.5 Å².